The average molecular weight is 421 g/mol. The first-order chi connectivity index (χ1) is 13.3. The van der Waals surface area contributed by atoms with Gasteiger partial charge in [-0.2, -0.15) is 0 Å². The summed E-state index contributed by atoms with van der Waals surface area (Å²) in [6, 6.07) is 9.19. The molecule has 10 heteroatoms. The molecule has 0 bridgehead atoms. The molecule has 0 saturated heterocycles. The van der Waals surface area contributed by atoms with Crippen molar-refractivity contribution >= 4 is 51.5 Å². The molecule has 28 heavy (non-hydrogen) atoms. The van der Waals surface area contributed by atoms with Crippen molar-refractivity contribution in [3.05, 3.63) is 67.5 Å². The van der Waals surface area contributed by atoms with Crippen molar-refractivity contribution in [3.8, 4) is 0 Å². The molecule has 1 aromatic carbocycles. The van der Waals surface area contributed by atoms with E-state index in [0.717, 1.165) is 9.13 Å². The van der Waals surface area contributed by atoms with Crippen LogP contribution in [0.1, 0.15) is 6.92 Å². The van der Waals surface area contributed by atoms with Gasteiger partial charge in [0.05, 0.1) is 17.4 Å². The highest BCUT2D eigenvalue weighted by Crippen LogP contribution is 2.18. The van der Waals surface area contributed by atoms with E-state index in [9.17, 15) is 19.2 Å². The number of benzene rings is 1. The van der Waals surface area contributed by atoms with Crippen molar-refractivity contribution in [3.63, 3.8) is 0 Å². The molecule has 0 aliphatic rings. The van der Waals surface area contributed by atoms with Crippen molar-refractivity contribution in [2.45, 2.75) is 20.0 Å². The Hall–Kier alpha value is -2.97. The van der Waals surface area contributed by atoms with Gasteiger partial charge in [0.2, 0.25) is 5.91 Å². The molecule has 3 aromatic rings. The van der Waals surface area contributed by atoms with Crippen molar-refractivity contribution < 1.29 is 9.59 Å². The molecule has 2 aromatic heterocycles. The summed E-state index contributed by atoms with van der Waals surface area (Å²) in [7, 11) is 0. The molecule has 0 saturated carbocycles. The lowest BCUT2D eigenvalue weighted by atomic mass is 10.2. The average Bonchev–Trinajstić information content (AvgIpc) is 2.61. The minimum Gasteiger partial charge on any atom is -0.324 e. The fourth-order valence-corrected chi connectivity index (χ4v) is 3.23. The highest BCUT2D eigenvalue weighted by atomic mass is 35.5. The fourth-order valence-electron chi connectivity index (χ4n) is 2.77. The molecule has 1 N–H and O–H groups in total. The summed E-state index contributed by atoms with van der Waals surface area (Å²) in [6.07, 6.45) is 0. The Bertz CT molecular complexity index is 1200. The smallest absolute Gasteiger partial charge is 0.324 e. The van der Waals surface area contributed by atoms with Gasteiger partial charge in [-0.1, -0.05) is 35.3 Å². The number of Topliss-reactive ketones (excluding diaryl/α,β-unsaturated/α-hetero) is 1. The Morgan fingerprint density at radius 3 is 2.32 bits per heavy atom. The summed E-state index contributed by atoms with van der Waals surface area (Å²) < 4.78 is 1.96. The second kappa shape index (κ2) is 7.95. The van der Waals surface area contributed by atoms with Gasteiger partial charge in [0.25, 0.3) is 5.56 Å². The molecule has 0 fully saturated rings. The first-order valence-electron chi connectivity index (χ1n) is 8.11. The minimum absolute atomic E-state index is 0.0976. The lowest BCUT2D eigenvalue weighted by Gasteiger charge is -2.13. The van der Waals surface area contributed by atoms with Crippen LogP contribution in [0.5, 0.6) is 0 Å². The summed E-state index contributed by atoms with van der Waals surface area (Å²) in [4.78, 5) is 53.1. The first-order valence-corrected chi connectivity index (χ1v) is 8.86. The quantitative estimate of drug-likeness (QED) is 0.636. The number of ketones is 1. The summed E-state index contributed by atoms with van der Waals surface area (Å²) in [6.45, 7) is 0.518. The monoisotopic (exact) mass is 420 g/mol. The number of halogens is 2. The number of para-hydroxylation sites is 1. The second-order valence-corrected chi connectivity index (χ2v) is 6.80. The van der Waals surface area contributed by atoms with Crippen LogP contribution in [-0.2, 0) is 22.7 Å². The normalized spacial score (nSPS) is 10.8. The number of carbonyl (C=O) groups excluding carboxylic acids is 2. The van der Waals surface area contributed by atoms with E-state index in [1.165, 1.54) is 25.1 Å². The summed E-state index contributed by atoms with van der Waals surface area (Å²) in [5, 5.41) is 3.00. The molecule has 8 nitrogen and oxygen atoms in total. The van der Waals surface area contributed by atoms with Crippen molar-refractivity contribution in [2.24, 2.45) is 0 Å². The number of pyridine rings is 1. The molecular weight excluding hydrogens is 407 g/mol. The third kappa shape index (κ3) is 4.13. The van der Waals surface area contributed by atoms with Crippen LogP contribution >= 0.6 is 23.2 Å². The predicted octanol–water partition coefficient (Wildman–Crippen LogP) is 2.09. The number of hydrogen-bond donors (Lipinski definition) is 1. The zero-order valence-corrected chi connectivity index (χ0v) is 16.1. The molecule has 0 spiro atoms. The maximum Gasteiger partial charge on any atom is 0.332 e. The number of nitrogens with zero attached hydrogens (tertiary/aromatic N) is 3. The zero-order chi connectivity index (χ0) is 20.4. The van der Waals surface area contributed by atoms with E-state index in [2.05, 4.69) is 10.3 Å². The largest absolute Gasteiger partial charge is 0.332 e. The maximum atomic E-state index is 12.8. The van der Waals surface area contributed by atoms with Gasteiger partial charge in [-0.15, -0.1) is 0 Å². The van der Waals surface area contributed by atoms with Crippen molar-refractivity contribution in [2.75, 3.05) is 5.32 Å². The molecule has 0 aliphatic heterocycles. The Balaban J connectivity index is 2.04. The van der Waals surface area contributed by atoms with E-state index in [1.807, 2.05) is 0 Å². The molecule has 144 valence electrons. The Morgan fingerprint density at radius 1 is 1.04 bits per heavy atom. The summed E-state index contributed by atoms with van der Waals surface area (Å²) >= 11 is 11.6. The highest BCUT2D eigenvalue weighted by molar-refractivity contribution is 6.33. The molecule has 0 atom stereocenters. The standard InChI is InChI=1S/C18H14Cl2N4O4/c1-10(25)8-24-17(27)12-4-2-3-5-13(12)23(18(24)28)9-16(26)21-11-6-14(19)22-15(20)7-11/h2-7H,8-9H2,1H3,(H,21,22,26). The fraction of sp³-hybridized carbons (Fsp3) is 0.167. The van der Waals surface area contributed by atoms with Crippen LogP contribution in [-0.4, -0.2) is 25.8 Å². The molecule has 3 rings (SSSR count). The number of anilines is 1. The first kappa shape index (κ1) is 19.8. The Labute approximate surface area is 168 Å². The van der Waals surface area contributed by atoms with Crippen LogP contribution < -0.4 is 16.6 Å². The van der Waals surface area contributed by atoms with E-state index in [0.29, 0.717) is 11.2 Å². The van der Waals surface area contributed by atoms with Gasteiger partial charge in [-0.25, -0.2) is 9.78 Å². The Kier molecular flexibility index (Phi) is 5.62. The van der Waals surface area contributed by atoms with Gasteiger partial charge >= 0.3 is 5.69 Å². The van der Waals surface area contributed by atoms with E-state index in [1.54, 1.807) is 18.2 Å². The third-order valence-corrected chi connectivity index (χ3v) is 4.25. The summed E-state index contributed by atoms with van der Waals surface area (Å²) in [5.74, 6) is -0.898. The molecule has 2 heterocycles. The molecule has 0 unspecified atom stereocenters. The highest BCUT2D eigenvalue weighted by Gasteiger charge is 2.16. The van der Waals surface area contributed by atoms with Crippen LogP contribution in [0, 0.1) is 0 Å². The van der Waals surface area contributed by atoms with Crippen LogP contribution in [0.15, 0.2) is 46.0 Å². The van der Waals surface area contributed by atoms with Gasteiger partial charge in [0, 0.05) is 5.69 Å². The Morgan fingerprint density at radius 2 is 1.68 bits per heavy atom. The zero-order valence-electron chi connectivity index (χ0n) is 14.6. The SMILES string of the molecule is CC(=O)Cn1c(=O)c2ccccc2n(CC(=O)Nc2cc(Cl)nc(Cl)c2)c1=O. The lowest BCUT2D eigenvalue weighted by molar-refractivity contribution is -0.117. The number of amides is 1. The molecular formula is C18H14Cl2N4O4. The minimum atomic E-state index is -0.750. The maximum absolute atomic E-state index is 12.8. The van der Waals surface area contributed by atoms with Crippen LogP contribution in [0.3, 0.4) is 0 Å². The van der Waals surface area contributed by atoms with Gasteiger partial charge in [0.1, 0.15) is 22.6 Å². The topological polar surface area (TPSA) is 103 Å². The molecule has 0 aliphatic carbocycles. The van der Waals surface area contributed by atoms with Crippen LogP contribution in [0.4, 0.5) is 5.69 Å². The van der Waals surface area contributed by atoms with Crippen molar-refractivity contribution in [1.29, 1.82) is 0 Å². The number of nitrogens with one attached hydrogen (secondary N) is 1. The summed E-state index contributed by atoms with van der Waals surface area (Å²) in [5.41, 5.74) is -0.734. The van der Waals surface area contributed by atoms with Crippen LogP contribution in [0.2, 0.25) is 10.3 Å². The van der Waals surface area contributed by atoms with Crippen LogP contribution in [0.25, 0.3) is 10.9 Å². The lowest BCUT2D eigenvalue weighted by Crippen LogP contribution is -2.42. The van der Waals surface area contributed by atoms with Gasteiger partial charge in [0.15, 0.2) is 0 Å². The number of aromatic nitrogens is 3. The number of carbonyl (C=O) groups is 2. The number of hydrogen-bond acceptors (Lipinski definition) is 5. The van der Waals surface area contributed by atoms with Gasteiger partial charge < -0.3 is 5.32 Å². The van der Waals surface area contributed by atoms with E-state index in [-0.39, 0.29) is 34.6 Å². The third-order valence-electron chi connectivity index (χ3n) is 3.86. The van der Waals surface area contributed by atoms with Gasteiger partial charge in [-0.3, -0.25) is 23.5 Å². The van der Waals surface area contributed by atoms with E-state index >= 15 is 0 Å². The van der Waals surface area contributed by atoms with Crippen molar-refractivity contribution in [1.82, 2.24) is 14.1 Å². The molecule has 1 amide bonds. The number of fused-ring (bicyclic) bond motifs is 1. The van der Waals surface area contributed by atoms with Gasteiger partial charge in [-0.05, 0) is 31.2 Å². The second-order valence-electron chi connectivity index (χ2n) is 6.03. The van der Waals surface area contributed by atoms with E-state index < -0.39 is 17.2 Å². The predicted molar refractivity (Wildman–Crippen MR) is 106 cm³/mol. The number of rotatable bonds is 5. The van der Waals surface area contributed by atoms with E-state index in [4.69, 9.17) is 23.2 Å². The molecule has 0 radical (unpaired) electrons.